The van der Waals surface area contributed by atoms with Crippen molar-refractivity contribution in [2.24, 2.45) is 5.92 Å². The van der Waals surface area contributed by atoms with Crippen molar-refractivity contribution in [2.75, 3.05) is 111 Å². The topological polar surface area (TPSA) is 243 Å². The molecule has 1 fully saturated rings. The van der Waals surface area contributed by atoms with Gasteiger partial charge >= 0.3 is 29.8 Å². The van der Waals surface area contributed by atoms with Crippen LogP contribution in [0.5, 0.6) is 0 Å². The smallest absolute Gasteiger partial charge is 0.317 e. The Morgan fingerprint density at radius 1 is 0.652 bits per heavy atom. The minimum absolute atomic E-state index is 0.0931. The largest absolute Gasteiger partial charge is 0.483 e. The lowest BCUT2D eigenvalue weighted by atomic mass is 10.0. The molecule has 1 unspecified atom stereocenters. The summed E-state index contributed by atoms with van der Waals surface area (Å²) in [7, 11) is 0. The highest BCUT2D eigenvalue weighted by molar-refractivity contribution is 5.72. The molecule has 0 aliphatic carbocycles. The first-order valence-corrected chi connectivity index (χ1v) is 15.1. The quantitative estimate of drug-likeness (QED) is 0.0866. The zero-order valence-corrected chi connectivity index (χ0v) is 27.1. The summed E-state index contributed by atoms with van der Waals surface area (Å²) in [6, 6.07) is -0.427. The fourth-order valence-corrected chi connectivity index (χ4v) is 5.16. The molecule has 0 aromatic carbocycles. The van der Waals surface area contributed by atoms with E-state index in [1.165, 1.54) is 4.90 Å². The van der Waals surface area contributed by atoms with Gasteiger partial charge < -0.3 is 30.6 Å². The van der Waals surface area contributed by atoms with E-state index in [0.29, 0.717) is 78.5 Å². The highest BCUT2D eigenvalue weighted by Crippen LogP contribution is 2.14. The van der Waals surface area contributed by atoms with Crippen LogP contribution >= 0.6 is 0 Å². The Morgan fingerprint density at radius 2 is 1.02 bits per heavy atom. The van der Waals surface area contributed by atoms with Crippen LogP contribution in [0.4, 0.5) is 0 Å². The van der Waals surface area contributed by atoms with Crippen LogP contribution in [-0.4, -0.2) is 214 Å². The molecule has 18 nitrogen and oxygen atoms in total. The van der Waals surface area contributed by atoms with Gasteiger partial charge in [-0.1, -0.05) is 20.8 Å². The first kappa shape index (κ1) is 42.6. The standard InChI is InChI=1S/C27H50N6O10.CH2O2/c1-4-28(16-23(34)35)5-6-29-7-9-31(17-24(36)37)13-11-30(12-14-32(10-8-29)18-25(38)39)15-22(21(2)3)33(19-26(40)41)20-27(42)43;2-1-3/h21-22H,4-20H2,1-3H3,(H,34,35)(H,36,37)(H,38,39)(H,40,41)(H,42,43);1H,(H,2,3). The molecule has 0 aromatic rings. The Kier molecular flexibility index (Phi) is 22.1. The predicted octanol–water partition coefficient (Wildman–Crippen LogP) is -2.02. The van der Waals surface area contributed by atoms with Crippen LogP contribution in [0.25, 0.3) is 0 Å². The van der Waals surface area contributed by atoms with Crippen molar-refractivity contribution in [2.45, 2.75) is 26.8 Å². The maximum absolute atomic E-state index is 11.7. The number of hydrogen-bond acceptors (Lipinski definition) is 12. The zero-order valence-electron chi connectivity index (χ0n) is 27.1. The van der Waals surface area contributed by atoms with Gasteiger partial charge in [0, 0.05) is 78.0 Å². The normalized spacial score (nSPS) is 17.0. The monoisotopic (exact) mass is 664 g/mol. The van der Waals surface area contributed by atoms with Crippen molar-refractivity contribution in [1.82, 2.24) is 29.4 Å². The van der Waals surface area contributed by atoms with Gasteiger partial charge in [-0.05, 0) is 12.5 Å². The van der Waals surface area contributed by atoms with E-state index in [2.05, 4.69) is 4.90 Å². The van der Waals surface area contributed by atoms with Gasteiger partial charge in [-0.2, -0.15) is 0 Å². The second-order valence-electron chi connectivity index (χ2n) is 11.4. The summed E-state index contributed by atoms with van der Waals surface area (Å²) in [5, 5.41) is 54.0. The molecular weight excluding hydrogens is 612 g/mol. The molecule has 6 N–H and O–H groups in total. The zero-order chi connectivity index (χ0) is 35.2. The second kappa shape index (κ2) is 23.9. The van der Waals surface area contributed by atoms with Gasteiger partial charge in [-0.15, -0.1) is 0 Å². The maximum Gasteiger partial charge on any atom is 0.317 e. The first-order valence-electron chi connectivity index (χ1n) is 15.1. The minimum Gasteiger partial charge on any atom is -0.483 e. The van der Waals surface area contributed by atoms with Crippen LogP contribution in [0, 0.1) is 5.92 Å². The van der Waals surface area contributed by atoms with Crippen molar-refractivity contribution in [3.63, 3.8) is 0 Å². The molecule has 1 aliphatic heterocycles. The summed E-state index contributed by atoms with van der Waals surface area (Å²) in [6.45, 7) is 9.34. The second-order valence-corrected chi connectivity index (χ2v) is 11.4. The Bertz CT molecular complexity index is 908. The highest BCUT2D eigenvalue weighted by atomic mass is 16.4. The van der Waals surface area contributed by atoms with E-state index in [-0.39, 0.29) is 32.0 Å². The number of nitrogens with zero attached hydrogens (tertiary/aromatic N) is 6. The number of hydrogen-bond donors (Lipinski definition) is 6. The molecule has 266 valence electrons. The average Bonchev–Trinajstić information content (AvgIpc) is 2.92. The fraction of sp³-hybridized carbons (Fsp3) is 0.786. The summed E-state index contributed by atoms with van der Waals surface area (Å²) < 4.78 is 0. The SMILES string of the molecule is CCN(CCN1CCN(CC(=O)O)CCN(CC(C(C)C)N(CC(=O)O)CC(=O)O)CCN(CC(=O)O)CC1)CC(=O)O.O=CO. The number of rotatable bonds is 18. The number of carboxylic acids is 5. The van der Waals surface area contributed by atoms with E-state index in [9.17, 15) is 49.5 Å². The van der Waals surface area contributed by atoms with Crippen molar-refractivity contribution in [3.8, 4) is 0 Å². The molecule has 1 saturated heterocycles. The lowest BCUT2D eigenvalue weighted by molar-refractivity contribution is -0.144. The van der Waals surface area contributed by atoms with Crippen LogP contribution in [0.1, 0.15) is 20.8 Å². The minimum atomic E-state index is -1.14. The lowest BCUT2D eigenvalue weighted by Gasteiger charge is -2.38. The summed E-state index contributed by atoms with van der Waals surface area (Å²) in [5.74, 6) is -5.26. The molecule has 0 amide bonds. The van der Waals surface area contributed by atoms with Gasteiger partial charge in [-0.3, -0.25) is 58.2 Å². The molecule has 46 heavy (non-hydrogen) atoms. The molecule has 18 heteroatoms. The average molecular weight is 665 g/mol. The number of carboxylic acid groups (broad SMARTS) is 6. The van der Waals surface area contributed by atoms with Crippen LogP contribution in [-0.2, 0) is 28.8 Å². The lowest BCUT2D eigenvalue weighted by Crippen LogP contribution is -2.53. The summed E-state index contributed by atoms with van der Waals surface area (Å²) >= 11 is 0. The molecular formula is C28H52N6O12. The Labute approximate surface area is 269 Å². The van der Waals surface area contributed by atoms with Crippen LogP contribution in [0.15, 0.2) is 0 Å². The van der Waals surface area contributed by atoms with Gasteiger partial charge in [0.2, 0.25) is 0 Å². The van der Waals surface area contributed by atoms with Crippen molar-refractivity contribution in [1.29, 1.82) is 0 Å². The summed E-state index contributed by atoms with van der Waals surface area (Å²) in [6.07, 6.45) is 0. The predicted molar refractivity (Wildman–Crippen MR) is 165 cm³/mol. The van der Waals surface area contributed by atoms with E-state index in [1.54, 1.807) is 4.90 Å². The maximum atomic E-state index is 11.7. The summed E-state index contributed by atoms with van der Waals surface area (Å²) in [5.41, 5.74) is 0. The van der Waals surface area contributed by atoms with Crippen molar-refractivity contribution < 1.29 is 59.4 Å². The van der Waals surface area contributed by atoms with Crippen molar-refractivity contribution >= 4 is 36.3 Å². The molecule has 0 saturated carbocycles. The fourth-order valence-electron chi connectivity index (χ4n) is 5.16. The van der Waals surface area contributed by atoms with E-state index in [4.69, 9.17) is 9.90 Å². The summed E-state index contributed by atoms with van der Waals surface area (Å²) in [4.78, 5) is 76.9. The molecule has 0 radical (unpaired) electrons. The van der Waals surface area contributed by atoms with E-state index in [1.807, 2.05) is 35.5 Å². The molecule has 1 aliphatic rings. The third-order valence-electron chi connectivity index (χ3n) is 7.55. The van der Waals surface area contributed by atoms with Gasteiger partial charge in [0.15, 0.2) is 0 Å². The molecule has 0 aromatic heterocycles. The van der Waals surface area contributed by atoms with Crippen LogP contribution in [0.2, 0.25) is 0 Å². The highest BCUT2D eigenvalue weighted by Gasteiger charge is 2.29. The number of carbonyl (C=O) groups is 6. The molecule has 1 heterocycles. The molecule has 0 spiro atoms. The van der Waals surface area contributed by atoms with Gasteiger partial charge in [0.25, 0.3) is 6.47 Å². The van der Waals surface area contributed by atoms with Gasteiger partial charge in [-0.25, -0.2) is 0 Å². The van der Waals surface area contributed by atoms with Crippen LogP contribution < -0.4 is 0 Å². The molecule has 1 rings (SSSR count). The third kappa shape index (κ3) is 20.6. The molecule has 0 bridgehead atoms. The Hall–Kier alpha value is -3.42. The van der Waals surface area contributed by atoms with E-state index < -0.39 is 49.0 Å². The van der Waals surface area contributed by atoms with Gasteiger partial charge in [0.05, 0.1) is 32.7 Å². The third-order valence-corrected chi connectivity index (χ3v) is 7.55. The van der Waals surface area contributed by atoms with E-state index in [0.717, 1.165) is 0 Å². The van der Waals surface area contributed by atoms with Crippen LogP contribution in [0.3, 0.4) is 0 Å². The van der Waals surface area contributed by atoms with Crippen molar-refractivity contribution in [3.05, 3.63) is 0 Å². The molecule has 1 atom stereocenters. The van der Waals surface area contributed by atoms with E-state index >= 15 is 0 Å². The number of likely N-dealkylation sites (N-methyl/N-ethyl adjacent to an activating group) is 1. The Balaban J connectivity index is 0.00000647. The van der Waals surface area contributed by atoms with Gasteiger partial charge in [0.1, 0.15) is 0 Å². The first-order chi connectivity index (χ1) is 21.6. The number of aliphatic carboxylic acids is 5. The Morgan fingerprint density at radius 3 is 1.35 bits per heavy atom.